The van der Waals surface area contributed by atoms with Gasteiger partial charge in [-0.25, -0.2) is 4.79 Å². The Morgan fingerprint density at radius 3 is 2.48 bits per heavy atom. The van der Waals surface area contributed by atoms with Crippen LogP contribution < -0.4 is 16.0 Å². The number of halogens is 1. The fourth-order valence-electron chi connectivity index (χ4n) is 3.36. The molecule has 0 spiro atoms. The maximum atomic E-state index is 12.9. The third-order valence-electron chi connectivity index (χ3n) is 4.77. The lowest BCUT2D eigenvalue weighted by Crippen LogP contribution is -2.50. The molecule has 3 amide bonds. The summed E-state index contributed by atoms with van der Waals surface area (Å²) in [5.74, 6) is -1.18. The van der Waals surface area contributed by atoms with Crippen LogP contribution in [0, 0.1) is 0 Å². The molecule has 1 heterocycles. The number of nitrogens with zero attached hydrogens (tertiary/aromatic N) is 1. The number of aliphatic imine (C=N–C) groups is 1. The van der Waals surface area contributed by atoms with Gasteiger partial charge in [0.25, 0.3) is 0 Å². The molecule has 0 saturated carbocycles. The Hall–Kier alpha value is -3.20. The summed E-state index contributed by atoms with van der Waals surface area (Å²) in [6.07, 6.45) is 2.06. The molecule has 2 aromatic carbocycles. The minimum atomic E-state index is -0.898. The van der Waals surface area contributed by atoms with Gasteiger partial charge in [-0.3, -0.25) is 14.6 Å². The van der Waals surface area contributed by atoms with Crippen LogP contribution in [0.3, 0.4) is 0 Å². The SMILES string of the molecule is CC(C)(C)OC(=O)CNC(=O)[C@H](CC1C=Nc2ccccc21)NC(=O)Nc1ccc(Br)cc1. The van der Waals surface area contributed by atoms with Crippen LogP contribution >= 0.6 is 15.9 Å². The van der Waals surface area contributed by atoms with E-state index in [1.165, 1.54) is 0 Å². The van der Waals surface area contributed by atoms with Crippen molar-refractivity contribution in [1.29, 1.82) is 0 Å². The molecule has 0 aromatic heterocycles. The molecule has 9 heteroatoms. The van der Waals surface area contributed by atoms with Crippen LogP contribution in [0.2, 0.25) is 0 Å². The first-order valence-electron chi connectivity index (χ1n) is 10.6. The van der Waals surface area contributed by atoms with E-state index < -0.39 is 29.6 Å². The van der Waals surface area contributed by atoms with Crippen molar-refractivity contribution in [2.24, 2.45) is 4.99 Å². The topological polar surface area (TPSA) is 109 Å². The highest BCUT2D eigenvalue weighted by molar-refractivity contribution is 9.10. The third kappa shape index (κ3) is 7.42. The number of hydrogen-bond donors (Lipinski definition) is 3. The first-order valence-corrected chi connectivity index (χ1v) is 11.4. The summed E-state index contributed by atoms with van der Waals surface area (Å²) >= 11 is 3.35. The summed E-state index contributed by atoms with van der Waals surface area (Å²) in [5.41, 5.74) is 1.75. The highest BCUT2D eigenvalue weighted by Crippen LogP contribution is 2.34. The van der Waals surface area contributed by atoms with Gasteiger partial charge in [0.2, 0.25) is 5.91 Å². The van der Waals surface area contributed by atoms with E-state index >= 15 is 0 Å². The normalized spacial score (nSPS) is 15.3. The van der Waals surface area contributed by atoms with E-state index in [-0.39, 0.29) is 18.9 Å². The number of para-hydroxylation sites is 1. The molecule has 0 fully saturated rings. The average molecular weight is 515 g/mol. The lowest BCUT2D eigenvalue weighted by atomic mass is 9.93. The van der Waals surface area contributed by atoms with Gasteiger partial charge in [-0.2, -0.15) is 0 Å². The monoisotopic (exact) mass is 514 g/mol. The van der Waals surface area contributed by atoms with Gasteiger partial charge in [0, 0.05) is 22.3 Å². The zero-order valence-corrected chi connectivity index (χ0v) is 20.3. The van der Waals surface area contributed by atoms with Crippen LogP contribution in [0.5, 0.6) is 0 Å². The van der Waals surface area contributed by atoms with Crippen LogP contribution in [0.15, 0.2) is 58.0 Å². The first-order chi connectivity index (χ1) is 15.6. The Balaban J connectivity index is 1.68. The summed E-state index contributed by atoms with van der Waals surface area (Å²) in [6, 6.07) is 13.3. The predicted octanol–water partition coefficient (Wildman–Crippen LogP) is 4.29. The summed E-state index contributed by atoms with van der Waals surface area (Å²) < 4.78 is 6.12. The number of urea groups is 1. The summed E-state index contributed by atoms with van der Waals surface area (Å²) in [4.78, 5) is 42.0. The molecular weight excluding hydrogens is 488 g/mol. The van der Waals surface area contributed by atoms with E-state index in [2.05, 4.69) is 36.9 Å². The number of esters is 1. The van der Waals surface area contributed by atoms with Gasteiger partial charge in [-0.05, 0) is 63.1 Å². The molecule has 0 saturated heterocycles. The number of carbonyl (C=O) groups is 3. The van der Waals surface area contributed by atoms with Gasteiger partial charge in [0.15, 0.2) is 0 Å². The van der Waals surface area contributed by atoms with Crippen LogP contribution in [0.1, 0.15) is 38.7 Å². The molecule has 0 bridgehead atoms. The molecule has 2 aromatic rings. The molecule has 1 unspecified atom stereocenters. The third-order valence-corrected chi connectivity index (χ3v) is 5.30. The lowest BCUT2D eigenvalue weighted by Gasteiger charge is -2.22. The summed E-state index contributed by atoms with van der Waals surface area (Å²) in [5, 5.41) is 8.01. The molecule has 3 rings (SSSR count). The van der Waals surface area contributed by atoms with Crippen molar-refractivity contribution in [2.45, 2.75) is 44.8 Å². The summed E-state index contributed by atoms with van der Waals surface area (Å²) in [6.45, 7) is 4.96. The van der Waals surface area contributed by atoms with Crippen molar-refractivity contribution in [1.82, 2.24) is 10.6 Å². The average Bonchev–Trinajstić information content (AvgIpc) is 3.15. The van der Waals surface area contributed by atoms with Crippen LogP contribution in [0.4, 0.5) is 16.2 Å². The number of fused-ring (bicyclic) bond motifs is 1. The van der Waals surface area contributed by atoms with Crippen molar-refractivity contribution < 1.29 is 19.1 Å². The van der Waals surface area contributed by atoms with Gasteiger partial charge < -0.3 is 20.7 Å². The minimum absolute atomic E-state index is 0.147. The zero-order valence-electron chi connectivity index (χ0n) is 18.7. The Bertz CT molecular complexity index is 1050. The minimum Gasteiger partial charge on any atom is -0.459 e. The number of ether oxygens (including phenoxy) is 1. The fraction of sp³-hybridized carbons (Fsp3) is 0.333. The second kappa shape index (κ2) is 10.6. The van der Waals surface area contributed by atoms with E-state index in [1.807, 2.05) is 24.3 Å². The molecule has 33 heavy (non-hydrogen) atoms. The number of benzene rings is 2. The highest BCUT2D eigenvalue weighted by atomic mass is 79.9. The maximum absolute atomic E-state index is 12.9. The van der Waals surface area contributed by atoms with E-state index in [0.29, 0.717) is 5.69 Å². The van der Waals surface area contributed by atoms with Gasteiger partial charge >= 0.3 is 12.0 Å². The molecule has 3 N–H and O–H groups in total. The van der Waals surface area contributed by atoms with Gasteiger partial charge in [-0.15, -0.1) is 0 Å². The van der Waals surface area contributed by atoms with E-state index in [4.69, 9.17) is 4.74 Å². The Labute approximate surface area is 201 Å². The van der Waals surface area contributed by atoms with Crippen molar-refractivity contribution in [3.05, 3.63) is 58.6 Å². The number of rotatable bonds is 7. The zero-order chi connectivity index (χ0) is 24.0. The smallest absolute Gasteiger partial charge is 0.325 e. The molecule has 2 atom stereocenters. The number of anilines is 1. The quantitative estimate of drug-likeness (QED) is 0.478. The van der Waals surface area contributed by atoms with Crippen molar-refractivity contribution in [3.63, 3.8) is 0 Å². The number of carbonyl (C=O) groups excluding carboxylic acids is 3. The Kier molecular flexibility index (Phi) is 7.86. The molecule has 1 aliphatic rings. The van der Waals surface area contributed by atoms with Crippen molar-refractivity contribution in [2.75, 3.05) is 11.9 Å². The van der Waals surface area contributed by atoms with Gasteiger partial charge in [0.1, 0.15) is 18.2 Å². The largest absolute Gasteiger partial charge is 0.459 e. The molecular formula is C24H27BrN4O4. The van der Waals surface area contributed by atoms with Gasteiger partial charge in [0.05, 0.1) is 5.69 Å². The second-order valence-corrected chi connectivity index (χ2v) is 9.56. The predicted molar refractivity (Wildman–Crippen MR) is 131 cm³/mol. The van der Waals surface area contributed by atoms with Crippen LogP contribution in [0.25, 0.3) is 0 Å². The number of nitrogens with one attached hydrogen (secondary N) is 3. The molecule has 174 valence electrons. The fourth-order valence-corrected chi connectivity index (χ4v) is 3.63. The van der Waals surface area contributed by atoms with Crippen LogP contribution in [-0.4, -0.2) is 42.3 Å². The first kappa shape index (κ1) is 24.4. The highest BCUT2D eigenvalue weighted by Gasteiger charge is 2.29. The molecule has 0 radical (unpaired) electrons. The van der Waals surface area contributed by atoms with E-state index in [1.54, 1.807) is 51.3 Å². The Morgan fingerprint density at radius 2 is 1.79 bits per heavy atom. The van der Waals surface area contributed by atoms with E-state index in [9.17, 15) is 14.4 Å². The van der Waals surface area contributed by atoms with Crippen LogP contribution in [-0.2, 0) is 14.3 Å². The lowest BCUT2D eigenvalue weighted by molar-refractivity contribution is -0.154. The second-order valence-electron chi connectivity index (χ2n) is 8.64. The number of amides is 3. The molecule has 0 aliphatic carbocycles. The van der Waals surface area contributed by atoms with E-state index in [0.717, 1.165) is 15.7 Å². The number of hydrogen-bond acceptors (Lipinski definition) is 5. The summed E-state index contributed by atoms with van der Waals surface area (Å²) in [7, 11) is 0. The Morgan fingerprint density at radius 1 is 1.09 bits per heavy atom. The molecule has 1 aliphatic heterocycles. The van der Waals surface area contributed by atoms with Crippen molar-refractivity contribution in [3.8, 4) is 0 Å². The standard InChI is InChI=1S/C24H27BrN4O4/c1-24(2,3)33-21(30)14-27-22(31)20(12-15-13-26-19-7-5-4-6-18(15)19)29-23(32)28-17-10-8-16(25)9-11-17/h4-11,13,15,20H,12,14H2,1-3H3,(H,27,31)(H2,28,29,32)/t15?,20-/m0/s1. The van der Waals surface area contributed by atoms with Crippen molar-refractivity contribution >= 4 is 51.4 Å². The maximum Gasteiger partial charge on any atom is 0.325 e. The molecule has 8 nitrogen and oxygen atoms in total. The van der Waals surface area contributed by atoms with Gasteiger partial charge in [-0.1, -0.05) is 34.1 Å².